The molecule has 2 fully saturated rings. The maximum Gasteiger partial charge on any atom is 0.380 e. The first kappa shape index (κ1) is 17.9. The second kappa shape index (κ2) is 6.04. The van der Waals surface area contributed by atoms with E-state index in [1.807, 2.05) is 6.07 Å². The van der Waals surface area contributed by atoms with E-state index in [4.69, 9.17) is 14.1 Å². The summed E-state index contributed by atoms with van der Waals surface area (Å²) in [5, 5.41) is 4.98. The van der Waals surface area contributed by atoms with Crippen LogP contribution in [0.1, 0.15) is 49.7 Å². The Morgan fingerprint density at radius 2 is 2.00 bits per heavy atom. The Morgan fingerprint density at radius 1 is 1.23 bits per heavy atom. The molecular formula is C19H25NO5S. The second-order valence-corrected chi connectivity index (χ2v) is 9.28. The summed E-state index contributed by atoms with van der Waals surface area (Å²) in [7, 11) is -2.31. The van der Waals surface area contributed by atoms with Gasteiger partial charge in [-0.15, -0.1) is 0 Å². The fraction of sp³-hybridized carbons (Fsp3) is 0.632. The fourth-order valence-corrected chi connectivity index (χ4v) is 6.17. The zero-order valence-electron chi connectivity index (χ0n) is 15.1. The first-order valence-corrected chi connectivity index (χ1v) is 10.6. The largest absolute Gasteiger partial charge is 0.381 e. The zero-order valence-corrected chi connectivity index (χ0v) is 15.9. The van der Waals surface area contributed by atoms with Crippen LogP contribution in [0.3, 0.4) is 0 Å². The van der Waals surface area contributed by atoms with Crippen LogP contribution in [0, 0.1) is 17.3 Å². The number of rotatable bonds is 3. The number of methoxy groups -OCH3 is 1. The molecule has 2 N–H and O–H groups in total. The lowest BCUT2D eigenvalue weighted by Gasteiger charge is -2.51. The fourth-order valence-electron chi connectivity index (χ4n) is 5.79. The average molecular weight is 379 g/mol. The van der Waals surface area contributed by atoms with Gasteiger partial charge in [0.05, 0.1) is 6.10 Å². The molecule has 142 valence electrons. The van der Waals surface area contributed by atoms with Crippen LogP contribution in [0.25, 0.3) is 0 Å². The van der Waals surface area contributed by atoms with Gasteiger partial charge in [-0.2, -0.15) is 13.6 Å². The molecule has 0 aliphatic heterocycles. The molecule has 0 radical (unpaired) electrons. The Labute approximate surface area is 154 Å². The molecule has 0 spiro atoms. The Balaban J connectivity index is 1.72. The maximum atomic E-state index is 12.5. The van der Waals surface area contributed by atoms with E-state index in [0.29, 0.717) is 24.0 Å². The van der Waals surface area contributed by atoms with Gasteiger partial charge in [-0.3, -0.25) is 4.79 Å². The molecule has 6 nitrogen and oxygen atoms in total. The molecule has 3 aliphatic carbocycles. The highest BCUT2D eigenvalue weighted by Gasteiger charge is 2.58. The predicted molar refractivity (Wildman–Crippen MR) is 96.0 cm³/mol. The normalized spacial score (nSPS) is 36.2. The van der Waals surface area contributed by atoms with Crippen LogP contribution < -0.4 is 9.32 Å². The summed E-state index contributed by atoms with van der Waals surface area (Å²) in [6, 6.07) is 5.38. The first-order chi connectivity index (χ1) is 12.2. The minimum Gasteiger partial charge on any atom is -0.381 e. The number of benzene rings is 1. The van der Waals surface area contributed by atoms with E-state index in [9.17, 15) is 13.2 Å². The van der Waals surface area contributed by atoms with E-state index in [0.717, 1.165) is 31.2 Å². The summed E-state index contributed by atoms with van der Waals surface area (Å²) >= 11 is 0. The van der Waals surface area contributed by atoms with Crippen molar-refractivity contribution in [1.29, 1.82) is 0 Å². The van der Waals surface area contributed by atoms with E-state index >= 15 is 0 Å². The predicted octanol–water partition coefficient (Wildman–Crippen LogP) is 2.32. The number of hydrogen-bond donors (Lipinski definition) is 1. The maximum absolute atomic E-state index is 12.5. The molecule has 3 aliphatic rings. The highest BCUT2D eigenvalue weighted by atomic mass is 32.2. The van der Waals surface area contributed by atoms with Crippen LogP contribution >= 0.6 is 0 Å². The number of carbonyl (C=O) groups excluding carboxylic acids is 1. The van der Waals surface area contributed by atoms with Crippen molar-refractivity contribution in [1.82, 2.24) is 0 Å². The summed E-state index contributed by atoms with van der Waals surface area (Å²) in [6.45, 7) is 2.12. The van der Waals surface area contributed by atoms with Gasteiger partial charge in [-0.1, -0.05) is 13.0 Å². The number of fused-ring (bicyclic) bond motifs is 5. The lowest BCUT2D eigenvalue weighted by atomic mass is 9.54. The summed E-state index contributed by atoms with van der Waals surface area (Å²) < 4.78 is 33.1. The van der Waals surface area contributed by atoms with Crippen molar-refractivity contribution < 1.29 is 22.1 Å². The average Bonchev–Trinajstić information content (AvgIpc) is 2.87. The zero-order chi connectivity index (χ0) is 18.7. The SMILES string of the molecule is CO[C@H]1C[C@]2(C)C(=O)CC[C@H]2[C@@H]2CCc3cc(OS(N)(=O)=O)ccc3[C@H]21. The molecule has 2 saturated carbocycles. The number of nitrogens with two attached hydrogens (primary N) is 1. The van der Waals surface area contributed by atoms with Gasteiger partial charge in [-0.05, 0) is 60.8 Å². The number of carbonyl (C=O) groups is 1. The van der Waals surface area contributed by atoms with E-state index in [1.54, 1.807) is 19.2 Å². The lowest BCUT2D eigenvalue weighted by molar-refractivity contribution is -0.135. The number of ether oxygens (including phenoxy) is 1. The molecule has 1 aromatic rings. The van der Waals surface area contributed by atoms with Gasteiger partial charge < -0.3 is 8.92 Å². The number of aryl methyl sites for hydroxylation is 1. The summed E-state index contributed by atoms with van der Waals surface area (Å²) in [4.78, 5) is 12.5. The van der Waals surface area contributed by atoms with Crippen LogP contribution in [0.4, 0.5) is 0 Å². The molecule has 0 saturated heterocycles. The van der Waals surface area contributed by atoms with E-state index in [-0.39, 0.29) is 23.2 Å². The van der Waals surface area contributed by atoms with Gasteiger partial charge >= 0.3 is 10.3 Å². The van der Waals surface area contributed by atoms with Crippen molar-refractivity contribution in [3.63, 3.8) is 0 Å². The Morgan fingerprint density at radius 3 is 2.69 bits per heavy atom. The van der Waals surface area contributed by atoms with Gasteiger partial charge in [0.25, 0.3) is 0 Å². The highest BCUT2D eigenvalue weighted by Crippen LogP contribution is 2.60. The Hall–Kier alpha value is -1.44. The summed E-state index contributed by atoms with van der Waals surface area (Å²) in [6.07, 6.45) is 4.21. The number of Topliss-reactive ketones (excluding diaryl/α,β-unsaturated/α-hetero) is 1. The monoisotopic (exact) mass is 379 g/mol. The first-order valence-electron chi connectivity index (χ1n) is 9.14. The second-order valence-electron chi connectivity index (χ2n) is 8.13. The van der Waals surface area contributed by atoms with Crippen LogP contribution in [-0.2, 0) is 26.3 Å². The third-order valence-electron chi connectivity index (χ3n) is 6.88. The quantitative estimate of drug-likeness (QED) is 0.869. The molecule has 4 rings (SSSR count). The van der Waals surface area contributed by atoms with Crippen molar-refractivity contribution in [3.05, 3.63) is 29.3 Å². The van der Waals surface area contributed by atoms with Crippen LogP contribution in [0.15, 0.2) is 18.2 Å². The summed E-state index contributed by atoms with van der Waals surface area (Å²) in [5.74, 6) is 1.68. The Bertz CT molecular complexity index is 851. The third kappa shape index (κ3) is 2.77. The van der Waals surface area contributed by atoms with Gasteiger partial charge in [-0.25, -0.2) is 0 Å². The van der Waals surface area contributed by atoms with Crippen molar-refractivity contribution in [2.45, 2.75) is 51.0 Å². The molecule has 5 atom stereocenters. The van der Waals surface area contributed by atoms with Crippen LogP contribution in [0.2, 0.25) is 0 Å². The molecule has 0 unspecified atom stereocenters. The highest BCUT2D eigenvalue weighted by molar-refractivity contribution is 7.84. The molecule has 0 bridgehead atoms. The van der Waals surface area contributed by atoms with Gasteiger partial charge in [0.15, 0.2) is 0 Å². The Kier molecular flexibility index (Phi) is 4.17. The van der Waals surface area contributed by atoms with Gasteiger partial charge in [0, 0.05) is 24.9 Å². The number of ketones is 1. The van der Waals surface area contributed by atoms with Gasteiger partial charge in [0.2, 0.25) is 0 Å². The van der Waals surface area contributed by atoms with Crippen LogP contribution in [-0.4, -0.2) is 27.4 Å². The lowest BCUT2D eigenvalue weighted by Crippen LogP contribution is -2.49. The number of hydrogen-bond acceptors (Lipinski definition) is 5. The molecule has 0 heterocycles. The van der Waals surface area contributed by atoms with E-state index in [2.05, 4.69) is 6.92 Å². The minimum atomic E-state index is -4.03. The molecular weight excluding hydrogens is 354 g/mol. The molecule has 7 heteroatoms. The summed E-state index contributed by atoms with van der Waals surface area (Å²) in [5.41, 5.74) is 2.01. The standard InChI is InChI=1S/C19H25NO5S/c1-19-10-16(24-2)18-13-6-4-12(25-26(20,22)23)9-11(13)3-5-14(18)15(19)7-8-17(19)21/h4,6,9,14-16,18H,3,5,7-8,10H2,1-2H3,(H2,20,22,23)/t14-,15-,16-,18+,19-/m0/s1. The molecule has 0 amide bonds. The van der Waals surface area contributed by atoms with Gasteiger partial charge in [0.1, 0.15) is 11.5 Å². The molecule has 0 aromatic heterocycles. The topological polar surface area (TPSA) is 95.7 Å². The van der Waals surface area contributed by atoms with Crippen LogP contribution in [0.5, 0.6) is 5.75 Å². The van der Waals surface area contributed by atoms with Crippen molar-refractivity contribution in [2.75, 3.05) is 7.11 Å². The van der Waals surface area contributed by atoms with Crippen molar-refractivity contribution in [3.8, 4) is 5.75 Å². The van der Waals surface area contributed by atoms with Crippen molar-refractivity contribution in [2.24, 2.45) is 22.4 Å². The molecule has 26 heavy (non-hydrogen) atoms. The molecule has 1 aromatic carbocycles. The minimum absolute atomic E-state index is 0.00707. The van der Waals surface area contributed by atoms with E-state index in [1.165, 1.54) is 5.56 Å². The third-order valence-corrected chi connectivity index (χ3v) is 7.30. The smallest absolute Gasteiger partial charge is 0.380 e. The van der Waals surface area contributed by atoms with Crippen molar-refractivity contribution >= 4 is 16.1 Å². The van der Waals surface area contributed by atoms with E-state index < -0.39 is 10.3 Å².